The fourth-order valence-corrected chi connectivity index (χ4v) is 3.72. The first kappa shape index (κ1) is 15.0. The number of aromatic carboxylic acids is 1. The van der Waals surface area contributed by atoms with Crippen molar-refractivity contribution in [2.45, 2.75) is 31.4 Å². The molecule has 1 aromatic carbocycles. The van der Waals surface area contributed by atoms with Crippen LogP contribution in [-0.4, -0.2) is 16.1 Å². The molecule has 22 heavy (non-hydrogen) atoms. The van der Waals surface area contributed by atoms with E-state index in [0.29, 0.717) is 29.1 Å². The zero-order valence-electron chi connectivity index (χ0n) is 11.6. The van der Waals surface area contributed by atoms with Gasteiger partial charge in [-0.05, 0) is 31.4 Å². The molecule has 0 unspecified atom stereocenters. The quantitative estimate of drug-likeness (QED) is 0.917. The van der Waals surface area contributed by atoms with Gasteiger partial charge in [0.1, 0.15) is 9.88 Å². The number of hydrogen-bond donors (Lipinski definition) is 1. The van der Waals surface area contributed by atoms with Crippen LogP contribution in [0.1, 0.15) is 44.3 Å². The lowest BCUT2D eigenvalue weighted by molar-refractivity contribution is -0.137. The minimum Gasteiger partial charge on any atom is -0.477 e. The lowest BCUT2D eigenvalue weighted by Gasteiger charge is -2.15. The summed E-state index contributed by atoms with van der Waals surface area (Å²) in [5.74, 6) is -1.05. The van der Waals surface area contributed by atoms with E-state index in [0.717, 1.165) is 23.5 Å². The molecule has 0 aliphatic heterocycles. The maximum Gasteiger partial charge on any atom is 0.416 e. The fourth-order valence-electron chi connectivity index (χ4n) is 2.54. The van der Waals surface area contributed by atoms with Crippen molar-refractivity contribution in [1.29, 1.82) is 0 Å². The Labute approximate surface area is 128 Å². The Bertz CT molecular complexity index is 747. The number of thiazole rings is 1. The second-order valence-electron chi connectivity index (χ2n) is 5.40. The number of nitrogens with zero attached hydrogens (tertiary/aromatic N) is 1. The number of halogens is 3. The number of alkyl halides is 3. The van der Waals surface area contributed by atoms with Gasteiger partial charge in [-0.1, -0.05) is 18.2 Å². The summed E-state index contributed by atoms with van der Waals surface area (Å²) in [5, 5.41) is 9.69. The average molecular weight is 327 g/mol. The summed E-state index contributed by atoms with van der Waals surface area (Å²) in [4.78, 5) is 15.6. The predicted octanol–water partition coefficient (Wildman–Crippen LogP) is 4.25. The number of rotatable bonds is 3. The molecule has 1 fully saturated rings. The van der Waals surface area contributed by atoms with Crippen LogP contribution < -0.4 is 0 Å². The summed E-state index contributed by atoms with van der Waals surface area (Å²) in [6.45, 7) is 1.60. The van der Waals surface area contributed by atoms with E-state index in [1.165, 1.54) is 6.07 Å². The van der Waals surface area contributed by atoms with Crippen molar-refractivity contribution in [2.75, 3.05) is 0 Å². The first-order valence-corrected chi connectivity index (χ1v) is 7.45. The smallest absolute Gasteiger partial charge is 0.416 e. The molecule has 0 bridgehead atoms. The van der Waals surface area contributed by atoms with Crippen molar-refractivity contribution in [2.24, 2.45) is 0 Å². The second-order valence-corrected chi connectivity index (χ2v) is 6.40. The minimum absolute atomic E-state index is 0.147. The molecule has 0 radical (unpaired) electrons. The van der Waals surface area contributed by atoms with Crippen LogP contribution in [0.2, 0.25) is 0 Å². The Kier molecular flexibility index (Phi) is 3.28. The number of aryl methyl sites for hydroxylation is 1. The Morgan fingerprint density at radius 2 is 2.05 bits per heavy atom. The molecule has 1 aromatic heterocycles. The lowest BCUT2D eigenvalue weighted by atomic mass is 9.95. The molecule has 2 aromatic rings. The van der Waals surface area contributed by atoms with Crippen LogP contribution in [-0.2, 0) is 11.6 Å². The highest BCUT2D eigenvalue weighted by Crippen LogP contribution is 2.55. The number of aromatic nitrogens is 1. The van der Waals surface area contributed by atoms with E-state index in [4.69, 9.17) is 5.11 Å². The zero-order chi connectivity index (χ0) is 16.1. The minimum atomic E-state index is -4.39. The van der Waals surface area contributed by atoms with Gasteiger partial charge in [0.15, 0.2) is 0 Å². The summed E-state index contributed by atoms with van der Waals surface area (Å²) in [5.41, 5.74) is -0.300. The highest BCUT2D eigenvalue weighted by atomic mass is 32.1. The van der Waals surface area contributed by atoms with Crippen molar-refractivity contribution in [3.8, 4) is 0 Å². The summed E-state index contributed by atoms with van der Waals surface area (Å²) < 4.78 is 38.6. The van der Waals surface area contributed by atoms with E-state index in [2.05, 4.69) is 4.98 Å². The van der Waals surface area contributed by atoms with Gasteiger partial charge in [-0.3, -0.25) is 0 Å². The largest absolute Gasteiger partial charge is 0.477 e. The Balaban J connectivity index is 2.04. The number of carboxylic acids is 1. The molecular formula is C15H12F3NO2S. The summed E-state index contributed by atoms with van der Waals surface area (Å²) >= 11 is 1.05. The molecule has 0 saturated heterocycles. The van der Waals surface area contributed by atoms with Crippen molar-refractivity contribution >= 4 is 17.3 Å². The maximum atomic E-state index is 12.9. The number of carboxylic acid groups (broad SMARTS) is 1. The van der Waals surface area contributed by atoms with Gasteiger partial charge >= 0.3 is 12.1 Å². The second kappa shape index (κ2) is 4.81. The highest BCUT2D eigenvalue weighted by Gasteiger charge is 2.49. The summed E-state index contributed by atoms with van der Waals surface area (Å²) in [6.07, 6.45) is -3.03. The number of carbonyl (C=O) groups is 1. The molecule has 116 valence electrons. The molecule has 1 N–H and O–H groups in total. The first-order chi connectivity index (χ1) is 10.2. The molecule has 1 aliphatic rings. The van der Waals surface area contributed by atoms with Crippen LogP contribution in [0.25, 0.3) is 0 Å². The number of benzene rings is 1. The Morgan fingerprint density at radius 1 is 1.36 bits per heavy atom. The molecule has 3 nitrogen and oxygen atoms in total. The number of hydrogen-bond acceptors (Lipinski definition) is 3. The third kappa shape index (κ3) is 2.39. The van der Waals surface area contributed by atoms with Gasteiger partial charge in [0, 0.05) is 5.41 Å². The molecular weight excluding hydrogens is 315 g/mol. The molecule has 0 spiro atoms. The molecule has 1 aliphatic carbocycles. The van der Waals surface area contributed by atoms with Gasteiger partial charge in [0.2, 0.25) is 0 Å². The summed E-state index contributed by atoms with van der Waals surface area (Å²) in [6, 6.07) is 5.22. The van der Waals surface area contributed by atoms with Crippen LogP contribution in [0, 0.1) is 6.92 Å². The normalized spacial score (nSPS) is 16.5. The van der Waals surface area contributed by atoms with Gasteiger partial charge in [0.25, 0.3) is 0 Å². The van der Waals surface area contributed by atoms with E-state index in [-0.39, 0.29) is 4.88 Å². The summed E-state index contributed by atoms with van der Waals surface area (Å²) in [7, 11) is 0. The fraction of sp³-hybridized carbons (Fsp3) is 0.333. The highest BCUT2D eigenvalue weighted by molar-refractivity contribution is 7.14. The van der Waals surface area contributed by atoms with Crippen molar-refractivity contribution in [3.05, 3.63) is 51.0 Å². The Morgan fingerprint density at radius 3 is 2.55 bits per heavy atom. The van der Waals surface area contributed by atoms with Gasteiger partial charge in [-0.2, -0.15) is 13.2 Å². The average Bonchev–Trinajstić information content (AvgIpc) is 3.15. The van der Waals surface area contributed by atoms with Crippen LogP contribution >= 0.6 is 11.3 Å². The predicted molar refractivity (Wildman–Crippen MR) is 75.3 cm³/mol. The van der Waals surface area contributed by atoms with Crippen molar-refractivity contribution < 1.29 is 23.1 Å². The standard InChI is InChI=1S/C15H12F3NO2S/c1-8-11(12(20)21)22-13(19-8)14(5-6-14)9-3-2-4-10(7-9)15(16,17)18/h2-4,7H,5-6H2,1H3,(H,20,21). The van der Waals surface area contributed by atoms with Crippen LogP contribution in [0.3, 0.4) is 0 Å². The molecule has 0 amide bonds. The zero-order valence-corrected chi connectivity index (χ0v) is 12.4. The monoisotopic (exact) mass is 327 g/mol. The van der Waals surface area contributed by atoms with Crippen LogP contribution in [0.15, 0.2) is 24.3 Å². The SMILES string of the molecule is Cc1nc(C2(c3cccc(C(F)(F)F)c3)CC2)sc1C(=O)O. The van der Waals surface area contributed by atoms with E-state index < -0.39 is 23.1 Å². The van der Waals surface area contributed by atoms with Crippen molar-refractivity contribution in [3.63, 3.8) is 0 Å². The Hall–Kier alpha value is -1.89. The van der Waals surface area contributed by atoms with Crippen LogP contribution in [0.5, 0.6) is 0 Å². The van der Waals surface area contributed by atoms with Gasteiger partial charge in [-0.25, -0.2) is 9.78 Å². The molecule has 3 rings (SSSR count). The third-order valence-corrected chi connectivity index (χ3v) is 5.24. The van der Waals surface area contributed by atoms with E-state index in [1.54, 1.807) is 13.0 Å². The molecule has 1 heterocycles. The molecule has 0 atom stereocenters. The molecule has 1 saturated carbocycles. The van der Waals surface area contributed by atoms with Gasteiger partial charge in [0.05, 0.1) is 11.3 Å². The van der Waals surface area contributed by atoms with E-state index in [1.807, 2.05) is 0 Å². The van der Waals surface area contributed by atoms with Gasteiger partial charge in [-0.15, -0.1) is 11.3 Å². The van der Waals surface area contributed by atoms with Crippen molar-refractivity contribution in [1.82, 2.24) is 4.98 Å². The lowest BCUT2D eigenvalue weighted by Crippen LogP contribution is -2.11. The third-order valence-electron chi connectivity index (χ3n) is 3.89. The maximum absolute atomic E-state index is 12.9. The molecule has 7 heteroatoms. The topological polar surface area (TPSA) is 50.2 Å². The first-order valence-electron chi connectivity index (χ1n) is 6.63. The van der Waals surface area contributed by atoms with E-state index in [9.17, 15) is 18.0 Å². The van der Waals surface area contributed by atoms with E-state index >= 15 is 0 Å². The van der Waals surface area contributed by atoms with Crippen LogP contribution in [0.4, 0.5) is 13.2 Å². The van der Waals surface area contributed by atoms with Gasteiger partial charge < -0.3 is 5.11 Å².